The Morgan fingerprint density at radius 3 is 2.72 bits per heavy atom. The molecule has 1 fully saturated rings. The number of aryl methyl sites for hydroxylation is 1. The van der Waals surface area contributed by atoms with Gasteiger partial charge >= 0.3 is 0 Å². The summed E-state index contributed by atoms with van der Waals surface area (Å²) in [6.07, 6.45) is 3.69. The van der Waals surface area contributed by atoms with Crippen molar-refractivity contribution in [1.82, 2.24) is 15.5 Å². The first-order valence-electron chi connectivity index (χ1n) is 9.32. The van der Waals surface area contributed by atoms with Crippen molar-refractivity contribution in [2.45, 2.75) is 53.4 Å². The molecular formula is C19H29N5O. The molecule has 1 atom stereocenters. The maximum atomic E-state index is 11.8. The topological polar surface area (TPSA) is 81.9 Å². The molecule has 1 amide bonds. The fourth-order valence-corrected chi connectivity index (χ4v) is 3.37. The highest BCUT2D eigenvalue weighted by molar-refractivity contribution is 5.77. The van der Waals surface area contributed by atoms with Crippen molar-refractivity contribution >= 4 is 11.7 Å². The van der Waals surface area contributed by atoms with Gasteiger partial charge in [-0.3, -0.25) is 4.79 Å². The van der Waals surface area contributed by atoms with E-state index >= 15 is 0 Å². The quantitative estimate of drug-likeness (QED) is 0.858. The first-order valence-corrected chi connectivity index (χ1v) is 9.32. The number of hydrogen-bond donors (Lipinski definition) is 1. The van der Waals surface area contributed by atoms with Crippen molar-refractivity contribution in [3.8, 4) is 6.07 Å². The summed E-state index contributed by atoms with van der Waals surface area (Å²) in [7, 11) is 0. The zero-order valence-electron chi connectivity index (χ0n) is 15.8. The van der Waals surface area contributed by atoms with Crippen molar-refractivity contribution in [2.24, 2.45) is 11.8 Å². The third kappa shape index (κ3) is 4.47. The van der Waals surface area contributed by atoms with Crippen LogP contribution in [0.2, 0.25) is 0 Å². The Morgan fingerprint density at radius 1 is 1.36 bits per heavy atom. The van der Waals surface area contributed by atoms with E-state index in [2.05, 4.69) is 33.4 Å². The van der Waals surface area contributed by atoms with Crippen molar-refractivity contribution in [1.29, 1.82) is 5.26 Å². The Hall–Kier alpha value is -2.16. The molecule has 1 unspecified atom stereocenters. The number of aromatic nitrogens is 2. The monoisotopic (exact) mass is 343 g/mol. The predicted molar refractivity (Wildman–Crippen MR) is 98.3 cm³/mol. The summed E-state index contributed by atoms with van der Waals surface area (Å²) in [4.78, 5) is 14.0. The second kappa shape index (κ2) is 8.80. The summed E-state index contributed by atoms with van der Waals surface area (Å²) in [5.41, 5.74) is 2.60. The molecule has 0 spiro atoms. The maximum absolute atomic E-state index is 11.8. The van der Waals surface area contributed by atoms with Crippen LogP contribution in [0.4, 0.5) is 5.82 Å². The third-order valence-corrected chi connectivity index (χ3v) is 4.85. The summed E-state index contributed by atoms with van der Waals surface area (Å²) in [5.74, 6) is 1.18. The number of nitrogens with one attached hydrogen (secondary N) is 1. The van der Waals surface area contributed by atoms with Gasteiger partial charge in [-0.15, -0.1) is 5.10 Å². The molecule has 1 aromatic heterocycles. The van der Waals surface area contributed by atoms with E-state index < -0.39 is 0 Å². The predicted octanol–water partition coefficient (Wildman–Crippen LogP) is 2.46. The molecule has 2 rings (SSSR count). The van der Waals surface area contributed by atoms with Crippen molar-refractivity contribution < 1.29 is 4.79 Å². The summed E-state index contributed by atoms with van der Waals surface area (Å²) >= 11 is 0. The summed E-state index contributed by atoms with van der Waals surface area (Å²) < 4.78 is 0. The number of hydrogen-bond acceptors (Lipinski definition) is 5. The SMILES string of the molecule is CCc1nnc(N2CCCC(CNC(=O)C(C)C)C2)c(C#N)c1CC. The second-order valence-electron chi connectivity index (χ2n) is 7.00. The number of nitrogens with zero attached hydrogens (tertiary/aromatic N) is 4. The first-order chi connectivity index (χ1) is 12.0. The highest BCUT2D eigenvalue weighted by atomic mass is 16.1. The molecule has 136 valence electrons. The molecule has 6 heteroatoms. The number of amides is 1. The number of rotatable bonds is 6. The molecule has 1 aliphatic heterocycles. The van der Waals surface area contributed by atoms with Crippen LogP contribution in [-0.4, -0.2) is 35.7 Å². The number of carbonyl (C=O) groups excluding carboxylic acids is 1. The van der Waals surface area contributed by atoms with Crippen LogP contribution in [0.3, 0.4) is 0 Å². The Morgan fingerprint density at radius 2 is 2.12 bits per heavy atom. The van der Waals surface area contributed by atoms with Crippen LogP contribution in [0.5, 0.6) is 0 Å². The van der Waals surface area contributed by atoms with Crippen LogP contribution in [0.15, 0.2) is 0 Å². The van der Waals surface area contributed by atoms with Gasteiger partial charge in [0.2, 0.25) is 5.91 Å². The van der Waals surface area contributed by atoms with Crippen molar-refractivity contribution in [2.75, 3.05) is 24.5 Å². The van der Waals surface area contributed by atoms with Gasteiger partial charge in [-0.2, -0.15) is 10.4 Å². The maximum Gasteiger partial charge on any atom is 0.222 e. The number of nitriles is 1. The second-order valence-corrected chi connectivity index (χ2v) is 7.00. The van der Waals surface area contributed by atoms with Gasteiger partial charge in [0.1, 0.15) is 11.6 Å². The highest BCUT2D eigenvalue weighted by Crippen LogP contribution is 2.27. The van der Waals surface area contributed by atoms with Crippen LogP contribution in [0.1, 0.15) is 57.4 Å². The minimum Gasteiger partial charge on any atom is -0.356 e. The number of carbonyl (C=O) groups is 1. The fraction of sp³-hybridized carbons (Fsp3) is 0.684. The zero-order valence-corrected chi connectivity index (χ0v) is 15.8. The molecule has 0 aliphatic carbocycles. The largest absolute Gasteiger partial charge is 0.356 e. The Kier molecular flexibility index (Phi) is 6.74. The Balaban J connectivity index is 2.16. The van der Waals surface area contributed by atoms with E-state index in [4.69, 9.17) is 0 Å². The van der Waals surface area contributed by atoms with E-state index in [0.717, 1.165) is 50.0 Å². The van der Waals surface area contributed by atoms with Crippen molar-refractivity contribution in [3.05, 3.63) is 16.8 Å². The number of anilines is 1. The lowest BCUT2D eigenvalue weighted by atomic mass is 9.96. The molecule has 2 heterocycles. The Bertz CT molecular complexity index is 650. The molecule has 1 aliphatic rings. The molecule has 6 nitrogen and oxygen atoms in total. The molecule has 1 N–H and O–H groups in total. The van der Waals surface area contributed by atoms with E-state index in [1.807, 2.05) is 20.8 Å². The average molecular weight is 343 g/mol. The number of piperidine rings is 1. The lowest BCUT2D eigenvalue weighted by molar-refractivity contribution is -0.124. The standard InChI is InChI=1S/C19H29N5O/c1-5-15-16(10-20)18(23-22-17(15)6-2)24-9-7-8-14(12-24)11-21-19(25)13(3)4/h13-14H,5-9,11-12H2,1-4H3,(H,21,25). The smallest absolute Gasteiger partial charge is 0.222 e. The van der Waals surface area contributed by atoms with E-state index in [1.54, 1.807) is 0 Å². The highest BCUT2D eigenvalue weighted by Gasteiger charge is 2.25. The normalized spacial score (nSPS) is 17.4. The van der Waals surface area contributed by atoms with Gasteiger partial charge in [0.15, 0.2) is 5.82 Å². The van der Waals surface area contributed by atoms with Gasteiger partial charge in [0.25, 0.3) is 0 Å². The van der Waals surface area contributed by atoms with Crippen molar-refractivity contribution in [3.63, 3.8) is 0 Å². The molecule has 0 saturated carbocycles. The van der Waals surface area contributed by atoms with Gasteiger partial charge in [0, 0.05) is 25.6 Å². The molecule has 25 heavy (non-hydrogen) atoms. The molecule has 1 aromatic rings. The van der Waals surface area contributed by atoms with Gasteiger partial charge in [-0.05, 0) is 37.2 Å². The molecule has 0 bridgehead atoms. The first kappa shape index (κ1) is 19.2. The summed E-state index contributed by atoms with van der Waals surface area (Å²) in [5, 5.41) is 21.4. The zero-order chi connectivity index (χ0) is 18.4. The van der Waals surface area contributed by atoms with Gasteiger partial charge in [-0.25, -0.2) is 0 Å². The van der Waals surface area contributed by atoms with Crippen LogP contribution in [0.25, 0.3) is 0 Å². The van der Waals surface area contributed by atoms with Gasteiger partial charge < -0.3 is 10.2 Å². The minimum atomic E-state index is 0.00412. The van der Waals surface area contributed by atoms with Crippen LogP contribution in [-0.2, 0) is 17.6 Å². The average Bonchev–Trinajstić information content (AvgIpc) is 2.64. The van der Waals surface area contributed by atoms with Crippen LogP contribution < -0.4 is 10.2 Å². The molecule has 0 radical (unpaired) electrons. The van der Waals surface area contributed by atoms with E-state index in [1.165, 1.54) is 0 Å². The van der Waals surface area contributed by atoms with Crippen LogP contribution >= 0.6 is 0 Å². The molecule has 1 saturated heterocycles. The lowest BCUT2D eigenvalue weighted by Gasteiger charge is -2.34. The van der Waals surface area contributed by atoms with Gasteiger partial charge in [0.05, 0.1) is 5.69 Å². The van der Waals surface area contributed by atoms with E-state index in [0.29, 0.717) is 23.8 Å². The van der Waals surface area contributed by atoms with Crippen LogP contribution in [0, 0.1) is 23.2 Å². The molecular weight excluding hydrogens is 314 g/mol. The minimum absolute atomic E-state index is 0.00412. The Labute approximate surface area is 150 Å². The van der Waals surface area contributed by atoms with E-state index in [9.17, 15) is 10.1 Å². The summed E-state index contributed by atoms with van der Waals surface area (Å²) in [6.45, 7) is 10.3. The lowest BCUT2D eigenvalue weighted by Crippen LogP contribution is -2.42. The van der Waals surface area contributed by atoms with Gasteiger partial charge in [-0.1, -0.05) is 27.7 Å². The van der Waals surface area contributed by atoms with E-state index in [-0.39, 0.29) is 11.8 Å². The third-order valence-electron chi connectivity index (χ3n) is 4.85. The summed E-state index contributed by atoms with van der Waals surface area (Å²) in [6, 6.07) is 2.35. The fourth-order valence-electron chi connectivity index (χ4n) is 3.37. The molecule has 0 aromatic carbocycles.